The van der Waals surface area contributed by atoms with E-state index in [-0.39, 0.29) is 5.82 Å². The number of benzene rings is 1. The molecule has 0 aliphatic rings. The van der Waals surface area contributed by atoms with E-state index < -0.39 is 5.91 Å². The molecule has 124 valence electrons. The van der Waals surface area contributed by atoms with Crippen LogP contribution in [0.2, 0.25) is 0 Å². The summed E-state index contributed by atoms with van der Waals surface area (Å²) in [5.74, 6) is -0.296. The van der Waals surface area contributed by atoms with Crippen molar-refractivity contribution in [3.8, 4) is 27.8 Å². The van der Waals surface area contributed by atoms with Gasteiger partial charge in [-0.25, -0.2) is 9.97 Å². The zero-order chi connectivity index (χ0) is 18.1. The predicted molar refractivity (Wildman–Crippen MR) is 106 cm³/mol. The maximum absolute atomic E-state index is 12.0. The lowest BCUT2D eigenvalue weighted by Crippen LogP contribution is -2.10. The first kappa shape index (κ1) is 17.3. The molecule has 0 atom stereocenters. The van der Waals surface area contributed by atoms with Gasteiger partial charge in [-0.1, -0.05) is 17.7 Å². The highest BCUT2D eigenvalue weighted by Gasteiger charge is 2.25. The van der Waals surface area contributed by atoms with E-state index in [9.17, 15) is 10.1 Å². The second kappa shape index (κ2) is 6.78. The molecule has 0 spiro atoms. The Kier molecular flexibility index (Phi) is 4.69. The smallest absolute Gasteiger partial charge is 0.259 e. The quantitative estimate of drug-likeness (QED) is 0.580. The van der Waals surface area contributed by atoms with E-state index in [1.807, 2.05) is 25.1 Å². The molecule has 8 heteroatoms. The zero-order valence-electron chi connectivity index (χ0n) is 13.1. The van der Waals surface area contributed by atoms with Crippen LogP contribution in [0.5, 0.6) is 0 Å². The summed E-state index contributed by atoms with van der Waals surface area (Å²) in [6.45, 7) is 1.98. The van der Waals surface area contributed by atoms with Gasteiger partial charge in [-0.2, -0.15) is 5.26 Å². The number of carbonyl (C=O) groups excluding carboxylic acids is 1. The normalized spacial score (nSPS) is 10.4. The van der Waals surface area contributed by atoms with Gasteiger partial charge >= 0.3 is 0 Å². The molecule has 1 amide bonds. The Balaban J connectivity index is 2.35. The maximum Gasteiger partial charge on any atom is 0.259 e. The number of aromatic nitrogens is 2. The van der Waals surface area contributed by atoms with Crippen molar-refractivity contribution in [1.82, 2.24) is 9.97 Å². The molecule has 0 radical (unpaired) electrons. The molecule has 25 heavy (non-hydrogen) atoms. The molecule has 0 fully saturated rings. The molecule has 0 aliphatic carbocycles. The van der Waals surface area contributed by atoms with Gasteiger partial charge in [0.25, 0.3) is 5.91 Å². The fourth-order valence-corrected chi connectivity index (χ4v) is 4.49. The van der Waals surface area contributed by atoms with E-state index in [1.165, 1.54) is 6.33 Å². The first-order valence-electron chi connectivity index (χ1n) is 7.13. The average Bonchev–Trinajstić information content (AvgIpc) is 2.94. The standard InChI is InChI=1S/C17H12IN5OS/c1-8-2-3-9(11(18)4-8)14-10(6-19)15(25-16(14)17(21)24)12-5-13(20)23-7-22-12/h2-5,7H,1H3,(H2,21,24)(H2,20,22,23). The molecule has 2 aromatic heterocycles. The van der Waals surface area contributed by atoms with E-state index >= 15 is 0 Å². The first-order valence-corrected chi connectivity index (χ1v) is 9.03. The number of rotatable bonds is 3. The summed E-state index contributed by atoms with van der Waals surface area (Å²) in [5, 5.41) is 9.76. The molecule has 0 bridgehead atoms. The summed E-state index contributed by atoms with van der Waals surface area (Å²) in [4.78, 5) is 20.9. The van der Waals surface area contributed by atoms with Crippen LogP contribution in [-0.2, 0) is 0 Å². The Bertz CT molecular complexity index is 1040. The molecular weight excluding hydrogens is 449 g/mol. The van der Waals surface area contributed by atoms with Crippen LogP contribution in [0.15, 0.2) is 30.6 Å². The third-order valence-electron chi connectivity index (χ3n) is 3.56. The van der Waals surface area contributed by atoms with Crippen LogP contribution in [0.4, 0.5) is 5.82 Å². The van der Waals surface area contributed by atoms with E-state index in [2.05, 4.69) is 38.6 Å². The number of carbonyl (C=O) groups is 1. The van der Waals surface area contributed by atoms with Crippen LogP contribution >= 0.6 is 33.9 Å². The SMILES string of the molecule is Cc1ccc(-c2c(C(N)=O)sc(-c3cc(N)ncn3)c2C#N)c(I)c1. The van der Waals surface area contributed by atoms with Crippen molar-refractivity contribution < 1.29 is 4.79 Å². The molecule has 6 nitrogen and oxygen atoms in total. The van der Waals surface area contributed by atoms with E-state index in [0.717, 1.165) is 26.0 Å². The average molecular weight is 461 g/mol. The Morgan fingerprint density at radius 3 is 2.68 bits per heavy atom. The molecule has 4 N–H and O–H groups in total. The van der Waals surface area contributed by atoms with Crippen molar-refractivity contribution in [2.45, 2.75) is 6.92 Å². The van der Waals surface area contributed by atoms with Crippen molar-refractivity contribution in [2.24, 2.45) is 5.73 Å². The minimum Gasteiger partial charge on any atom is -0.384 e. The van der Waals surface area contributed by atoms with Gasteiger partial charge < -0.3 is 11.5 Å². The highest BCUT2D eigenvalue weighted by molar-refractivity contribution is 14.1. The highest BCUT2D eigenvalue weighted by Crippen LogP contribution is 2.42. The lowest BCUT2D eigenvalue weighted by Gasteiger charge is -2.07. The van der Waals surface area contributed by atoms with Gasteiger partial charge in [0.05, 0.1) is 16.1 Å². The molecule has 0 saturated carbocycles. The second-order valence-corrected chi connectivity index (χ2v) is 7.48. The molecule has 2 heterocycles. The summed E-state index contributed by atoms with van der Waals surface area (Å²) in [7, 11) is 0. The van der Waals surface area contributed by atoms with Crippen molar-refractivity contribution in [2.75, 3.05) is 5.73 Å². The number of thiophene rings is 1. The fraction of sp³-hybridized carbons (Fsp3) is 0.0588. The minimum atomic E-state index is -0.582. The van der Waals surface area contributed by atoms with Crippen molar-refractivity contribution in [3.63, 3.8) is 0 Å². The molecule has 0 aliphatic heterocycles. The number of nitriles is 1. The van der Waals surface area contributed by atoms with Crippen LogP contribution in [0, 0.1) is 21.8 Å². The number of aryl methyl sites for hydroxylation is 1. The summed E-state index contributed by atoms with van der Waals surface area (Å²) >= 11 is 3.33. The third kappa shape index (κ3) is 3.20. The van der Waals surface area contributed by atoms with Gasteiger partial charge in [-0.15, -0.1) is 11.3 Å². The van der Waals surface area contributed by atoms with Crippen LogP contribution in [-0.4, -0.2) is 15.9 Å². The van der Waals surface area contributed by atoms with Gasteiger partial charge in [0.15, 0.2) is 0 Å². The Labute approximate surface area is 161 Å². The number of anilines is 1. The van der Waals surface area contributed by atoms with Gasteiger partial charge in [0.2, 0.25) is 0 Å². The van der Waals surface area contributed by atoms with Crippen molar-refractivity contribution in [3.05, 3.63) is 50.2 Å². The first-order chi connectivity index (χ1) is 11.9. The number of nitrogens with zero attached hydrogens (tertiary/aromatic N) is 3. The Hall–Kier alpha value is -2.51. The highest BCUT2D eigenvalue weighted by atomic mass is 127. The number of hydrogen-bond acceptors (Lipinski definition) is 6. The van der Waals surface area contributed by atoms with Gasteiger partial charge in [0.1, 0.15) is 23.1 Å². The van der Waals surface area contributed by atoms with Crippen LogP contribution in [0.3, 0.4) is 0 Å². The third-order valence-corrected chi connectivity index (χ3v) is 5.68. The van der Waals surface area contributed by atoms with E-state index in [4.69, 9.17) is 11.5 Å². The predicted octanol–water partition coefficient (Wildman–Crippen LogP) is 3.34. The molecule has 0 unspecified atom stereocenters. The number of halogens is 1. The van der Waals surface area contributed by atoms with Crippen molar-refractivity contribution >= 4 is 45.7 Å². The summed E-state index contributed by atoms with van der Waals surface area (Å²) in [5.41, 5.74) is 14.6. The maximum atomic E-state index is 12.0. The Morgan fingerprint density at radius 2 is 2.08 bits per heavy atom. The number of nitrogen functional groups attached to an aromatic ring is 1. The van der Waals surface area contributed by atoms with E-state index in [1.54, 1.807) is 6.07 Å². The fourth-order valence-electron chi connectivity index (χ4n) is 2.47. The lowest BCUT2D eigenvalue weighted by atomic mass is 9.98. The van der Waals surface area contributed by atoms with Crippen LogP contribution in [0.1, 0.15) is 20.8 Å². The summed E-state index contributed by atoms with van der Waals surface area (Å²) in [6.07, 6.45) is 1.32. The van der Waals surface area contributed by atoms with Gasteiger partial charge in [-0.3, -0.25) is 4.79 Å². The number of hydrogen-bond donors (Lipinski definition) is 2. The summed E-state index contributed by atoms with van der Waals surface area (Å²) in [6, 6.07) is 9.58. The zero-order valence-corrected chi connectivity index (χ0v) is 16.1. The molecule has 1 aromatic carbocycles. The largest absolute Gasteiger partial charge is 0.384 e. The van der Waals surface area contributed by atoms with Crippen LogP contribution in [0.25, 0.3) is 21.7 Å². The second-order valence-electron chi connectivity index (χ2n) is 5.30. The van der Waals surface area contributed by atoms with Gasteiger partial charge in [0, 0.05) is 15.2 Å². The minimum absolute atomic E-state index is 0.286. The Morgan fingerprint density at radius 1 is 1.32 bits per heavy atom. The monoisotopic (exact) mass is 461 g/mol. The number of nitrogens with two attached hydrogens (primary N) is 2. The molecular formula is C17H12IN5OS. The molecule has 3 aromatic rings. The lowest BCUT2D eigenvalue weighted by molar-refractivity contribution is 0.100. The summed E-state index contributed by atoms with van der Waals surface area (Å²) < 4.78 is 0.933. The molecule has 3 rings (SSSR count). The van der Waals surface area contributed by atoms with E-state index in [0.29, 0.717) is 26.6 Å². The number of amides is 1. The van der Waals surface area contributed by atoms with Crippen molar-refractivity contribution in [1.29, 1.82) is 5.26 Å². The molecule has 0 saturated heterocycles. The van der Waals surface area contributed by atoms with Gasteiger partial charge in [-0.05, 0) is 41.1 Å². The topological polar surface area (TPSA) is 119 Å². The van der Waals surface area contributed by atoms with Crippen LogP contribution < -0.4 is 11.5 Å². The number of primary amides is 1.